The third-order valence-electron chi connectivity index (χ3n) is 5.28. The van der Waals surface area contributed by atoms with Gasteiger partial charge in [-0.05, 0) is 31.7 Å². The zero-order valence-corrected chi connectivity index (χ0v) is 14.0. The predicted molar refractivity (Wildman–Crippen MR) is 90.6 cm³/mol. The molecule has 4 heteroatoms. The average Bonchev–Trinajstić information content (AvgIpc) is 2.58. The van der Waals surface area contributed by atoms with Crippen molar-refractivity contribution in [1.82, 2.24) is 9.88 Å². The van der Waals surface area contributed by atoms with Gasteiger partial charge in [0, 0.05) is 50.2 Å². The first kappa shape index (κ1) is 15.6. The summed E-state index contributed by atoms with van der Waals surface area (Å²) in [5.74, 6) is 1.64. The van der Waals surface area contributed by atoms with E-state index in [0.29, 0.717) is 11.9 Å². The molecule has 22 heavy (non-hydrogen) atoms. The summed E-state index contributed by atoms with van der Waals surface area (Å²) in [6.07, 6.45) is 9.05. The van der Waals surface area contributed by atoms with Gasteiger partial charge in [-0.3, -0.25) is 4.90 Å². The molecule has 1 aliphatic carbocycles. The summed E-state index contributed by atoms with van der Waals surface area (Å²) >= 11 is 0. The van der Waals surface area contributed by atoms with Crippen molar-refractivity contribution < 1.29 is 4.74 Å². The third-order valence-corrected chi connectivity index (χ3v) is 5.28. The fourth-order valence-corrected chi connectivity index (χ4v) is 3.91. The van der Waals surface area contributed by atoms with Crippen LogP contribution in [-0.2, 0) is 0 Å². The second kappa shape index (κ2) is 7.32. The van der Waals surface area contributed by atoms with Crippen LogP contribution in [0.15, 0.2) is 18.3 Å². The van der Waals surface area contributed by atoms with Gasteiger partial charge in [0.05, 0.1) is 7.11 Å². The van der Waals surface area contributed by atoms with Crippen LogP contribution in [0, 0.1) is 5.92 Å². The Morgan fingerprint density at radius 3 is 2.77 bits per heavy atom. The molecule has 1 unspecified atom stereocenters. The summed E-state index contributed by atoms with van der Waals surface area (Å²) in [5.41, 5.74) is 1.23. The highest BCUT2D eigenvalue weighted by Crippen LogP contribution is 2.27. The molecule has 1 aromatic rings. The molecule has 1 aromatic heterocycles. The Kier molecular flexibility index (Phi) is 5.19. The van der Waals surface area contributed by atoms with Gasteiger partial charge < -0.3 is 9.64 Å². The van der Waals surface area contributed by atoms with Crippen LogP contribution in [0.5, 0.6) is 5.88 Å². The van der Waals surface area contributed by atoms with Crippen LogP contribution >= 0.6 is 0 Å². The Morgan fingerprint density at radius 2 is 2.05 bits per heavy atom. The lowest BCUT2D eigenvalue weighted by Crippen LogP contribution is -2.53. The number of methoxy groups -OCH3 is 1. The van der Waals surface area contributed by atoms with Crippen molar-refractivity contribution in [2.45, 2.75) is 45.1 Å². The summed E-state index contributed by atoms with van der Waals surface area (Å²) in [4.78, 5) is 9.37. The van der Waals surface area contributed by atoms with Crippen LogP contribution in [-0.4, -0.2) is 49.2 Å². The largest absolute Gasteiger partial charge is 0.481 e. The van der Waals surface area contributed by atoms with Crippen molar-refractivity contribution in [2.24, 2.45) is 5.92 Å². The number of rotatable bonds is 4. The minimum atomic E-state index is 0.620. The zero-order valence-electron chi connectivity index (χ0n) is 14.0. The maximum absolute atomic E-state index is 5.25. The molecule has 122 valence electrons. The third kappa shape index (κ3) is 3.72. The first-order chi connectivity index (χ1) is 10.8. The van der Waals surface area contributed by atoms with Crippen molar-refractivity contribution >= 4 is 5.69 Å². The Balaban J connectivity index is 1.56. The van der Waals surface area contributed by atoms with E-state index in [1.54, 1.807) is 7.11 Å². The SMILES string of the molecule is COc1cc(N2CCN(CC3CCCCC3)C(C)C2)ccn1. The van der Waals surface area contributed by atoms with E-state index in [1.165, 1.54) is 50.9 Å². The van der Waals surface area contributed by atoms with E-state index in [1.807, 2.05) is 12.3 Å². The Morgan fingerprint density at radius 1 is 1.23 bits per heavy atom. The van der Waals surface area contributed by atoms with Gasteiger partial charge in [-0.1, -0.05) is 19.3 Å². The molecule has 0 aromatic carbocycles. The lowest BCUT2D eigenvalue weighted by Gasteiger charge is -2.42. The quantitative estimate of drug-likeness (QED) is 0.854. The second-order valence-corrected chi connectivity index (χ2v) is 6.85. The zero-order chi connectivity index (χ0) is 15.4. The minimum absolute atomic E-state index is 0.620. The van der Waals surface area contributed by atoms with Crippen LogP contribution in [0.1, 0.15) is 39.0 Å². The normalized spacial score (nSPS) is 24.5. The Labute approximate surface area is 134 Å². The number of hydrogen-bond donors (Lipinski definition) is 0. The number of pyridine rings is 1. The fraction of sp³-hybridized carbons (Fsp3) is 0.722. The van der Waals surface area contributed by atoms with E-state index in [-0.39, 0.29) is 0 Å². The van der Waals surface area contributed by atoms with E-state index >= 15 is 0 Å². The van der Waals surface area contributed by atoms with Gasteiger partial charge >= 0.3 is 0 Å². The first-order valence-electron chi connectivity index (χ1n) is 8.75. The lowest BCUT2D eigenvalue weighted by atomic mass is 9.88. The molecule has 2 heterocycles. The molecule has 0 spiro atoms. The van der Waals surface area contributed by atoms with Crippen LogP contribution in [0.25, 0.3) is 0 Å². The number of aromatic nitrogens is 1. The van der Waals surface area contributed by atoms with Crippen molar-refractivity contribution in [3.8, 4) is 5.88 Å². The summed E-state index contributed by atoms with van der Waals surface area (Å²) < 4.78 is 5.25. The van der Waals surface area contributed by atoms with E-state index in [2.05, 4.69) is 27.8 Å². The predicted octanol–water partition coefficient (Wildman–Crippen LogP) is 3.18. The van der Waals surface area contributed by atoms with Crippen LogP contribution in [0.3, 0.4) is 0 Å². The average molecular weight is 303 g/mol. The minimum Gasteiger partial charge on any atom is -0.481 e. The summed E-state index contributed by atoms with van der Waals surface area (Å²) in [7, 11) is 1.68. The van der Waals surface area contributed by atoms with Gasteiger partial charge in [0.1, 0.15) is 0 Å². The highest BCUT2D eigenvalue weighted by atomic mass is 16.5. The van der Waals surface area contributed by atoms with Gasteiger partial charge in [0.15, 0.2) is 0 Å². The van der Waals surface area contributed by atoms with Crippen LogP contribution in [0.2, 0.25) is 0 Å². The van der Waals surface area contributed by atoms with Gasteiger partial charge in [-0.15, -0.1) is 0 Å². The van der Waals surface area contributed by atoms with Crippen LogP contribution in [0.4, 0.5) is 5.69 Å². The van der Waals surface area contributed by atoms with Crippen molar-refractivity contribution in [2.75, 3.05) is 38.2 Å². The van der Waals surface area contributed by atoms with Gasteiger partial charge in [0.2, 0.25) is 5.88 Å². The number of ether oxygens (including phenoxy) is 1. The molecule has 1 saturated carbocycles. The number of anilines is 1. The van der Waals surface area contributed by atoms with Crippen molar-refractivity contribution in [1.29, 1.82) is 0 Å². The molecule has 0 N–H and O–H groups in total. The maximum atomic E-state index is 5.25. The van der Waals surface area contributed by atoms with E-state index < -0.39 is 0 Å². The summed E-state index contributed by atoms with van der Waals surface area (Å²) in [6.45, 7) is 7.04. The monoisotopic (exact) mass is 303 g/mol. The van der Waals surface area contributed by atoms with Gasteiger partial charge in [0.25, 0.3) is 0 Å². The number of nitrogens with zero attached hydrogens (tertiary/aromatic N) is 3. The van der Waals surface area contributed by atoms with Gasteiger partial charge in [-0.2, -0.15) is 0 Å². The van der Waals surface area contributed by atoms with Crippen LogP contribution < -0.4 is 9.64 Å². The van der Waals surface area contributed by atoms with Crippen molar-refractivity contribution in [3.05, 3.63) is 18.3 Å². The molecule has 0 amide bonds. The molecule has 2 aliphatic rings. The van der Waals surface area contributed by atoms with E-state index in [9.17, 15) is 0 Å². The molecular weight excluding hydrogens is 274 g/mol. The first-order valence-corrected chi connectivity index (χ1v) is 8.75. The highest BCUT2D eigenvalue weighted by Gasteiger charge is 2.26. The lowest BCUT2D eigenvalue weighted by molar-refractivity contribution is 0.144. The fourth-order valence-electron chi connectivity index (χ4n) is 3.91. The van der Waals surface area contributed by atoms with E-state index in [0.717, 1.165) is 19.0 Å². The Bertz CT molecular complexity index is 473. The van der Waals surface area contributed by atoms with Gasteiger partial charge in [-0.25, -0.2) is 4.98 Å². The molecule has 0 radical (unpaired) electrons. The number of piperazine rings is 1. The topological polar surface area (TPSA) is 28.6 Å². The molecular formula is C18H29N3O. The highest BCUT2D eigenvalue weighted by molar-refractivity contribution is 5.48. The molecule has 2 fully saturated rings. The second-order valence-electron chi connectivity index (χ2n) is 6.85. The molecule has 0 bridgehead atoms. The molecule has 3 rings (SSSR count). The van der Waals surface area contributed by atoms with E-state index in [4.69, 9.17) is 4.74 Å². The standard InChI is InChI=1S/C18H29N3O/c1-15-13-21(17-8-9-19-18(12-17)22-2)11-10-20(15)14-16-6-4-3-5-7-16/h8-9,12,15-16H,3-7,10-11,13-14H2,1-2H3. The molecule has 1 aliphatic heterocycles. The summed E-state index contributed by atoms with van der Waals surface area (Å²) in [5, 5.41) is 0. The molecule has 1 atom stereocenters. The molecule has 4 nitrogen and oxygen atoms in total. The number of hydrogen-bond acceptors (Lipinski definition) is 4. The van der Waals surface area contributed by atoms with Crippen molar-refractivity contribution in [3.63, 3.8) is 0 Å². The molecule has 1 saturated heterocycles. The Hall–Kier alpha value is -1.29. The maximum Gasteiger partial charge on any atom is 0.214 e. The summed E-state index contributed by atoms with van der Waals surface area (Å²) in [6, 6.07) is 4.75. The smallest absolute Gasteiger partial charge is 0.214 e.